The van der Waals surface area contributed by atoms with Crippen LogP contribution in [0.2, 0.25) is 0 Å². The van der Waals surface area contributed by atoms with Crippen LogP contribution in [0.1, 0.15) is 18.4 Å². The van der Waals surface area contributed by atoms with Crippen LogP contribution >= 0.6 is 0 Å². The minimum Gasteiger partial charge on any atom is -0.472 e. The zero-order valence-electron chi connectivity index (χ0n) is 7.60. The number of halogens is 3. The van der Waals surface area contributed by atoms with E-state index in [2.05, 4.69) is 5.32 Å². The van der Waals surface area contributed by atoms with Gasteiger partial charge in [0.1, 0.15) is 0 Å². The van der Waals surface area contributed by atoms with Crippen molar-refractivity contribution in [3.8, 4) is 0 Å². The van der Waals surface area contributed by atoms with Gasteiger partial charge in [-0.1, -0.05) is 0 Å². The van der Waals surface area contributed by atoms with Crippen molar-refractivity contribution < 1.29 is 17.6 Å². The van der Waals surface area contributed by atoms with Gasteiger partial charge in [-0.05, 0) is 19.0 Å². The van der Waals surface area contributed by atoms with E-state index in [1.807, 2.05) is 0 Å². The maximum atomic E-state index is 11.7. The molecular weight excluding hydrogens is 195 g/mol. The highest BCUT2D eigenvalue weighted by molar-refractivity contribution is 5.04. The minimum absolute atomic E-state index is 0.112. The summed E-state index contributed by atoms with van der Waals surface area (Å²) in [6, 6.07) is 1.77. The molecule has 1 heterocycles. The number of alkyl halides is 3. The van der Waals surface area contributed by atoms with Crippen LogP contribution in [0.5, 0.6) is 0 Å². The Labute approximate surface area is 80.1 Å². The summed E-state index contributed by atoms with van der Waals surface area (Å²) in [6.45, 7) is 0.916. The van der Waals surface area contributed by atoms with Gasteiger partial charge in [0.2, 0.25) is 0 Å². The topological polar surface area (TPSA) is 25.2 Å². The fraction of sp³-hybridized carbons (Fsp3) is 0.556. The second kappa shape index (κ2) is 5.05. The second-order valence-corrected chi connectivity index (χ2v) is 3.03. The van der Waals surface area contributed by atoms with Crippen LogP contribution in [0.25, 0.3) is 0 Å². The molecule has 0 amide bonds. The average molecular weight is 207 g/mol. The standard InChI is InChI=1S/C9H12F3NO/c10-9(11,12)3-1-4-13-6-8-2-5-14-7-8/h2,5,7,13H,1,3-4,6H2. The second-order valence-electron chi connectivity index (χ2n) is 3.03. The first-order valence-corrected chi connectivity index (χ1v) is 4.36. The lowest BCUT2D eigenvalue weighted by Crippen LogP contribution is -2.17. The number of furan rings is 1. The Bertz CT molecular complexity index is 243. The summed E-state index contributed by atoms with van der Waals surface area (Å²) in [7, 11) is 0. The molecule has 0 atom stereocenters. The molecule has 1 rings (SSSR count). The van der Waals surface area contributed by atoms with Crippen molar-refractivity contribution in [1.29, 1.82) is 0 Å². The maximum absolute atomic E-state index is 11.7. The summed E-state index contributed by atoms with van der Waals surface area (Å²) in [5.41, 5.74) is 0.942. The molecule has 2 nitrogen and oxygen atoms in total. The Morgan fingerprint density at radius 1 is 1.36 bits per heavy atom. The molecule has 0 aliphatic carbocycles. The molecule has 1 aromatic heterocycles. The fourth-order valence-electron chi connectivity index (χ4n) is 1.04. The lowest BCUT2D eigenvalue weighted by molar-refractivity contribution is -0.135. The molecule has 0 aliphatic heterocycles. The summed E-state index contributed by atoms with van der Waals surface area (Å²) < 4.78 is 39.9. The van der Waals surface area contributed by atoms with E-state index in [1.165, 1.54) is 6.26 Å². The van der Waals surface area contributed by atoms with E-state index in [4.69, 9.17) is 4.42 Å². The molecule has 5 heteroatoms. The first-order valence-electron chi connectivity index (χ1n) is 4.36. The van der Waals surface area contributed by atoms with Crippen LogP contribution in [-0.4, -0.2) is 12.7 Å². The normalized spacial score (nSPS) is 11.9. The van der Waals surface area contributed by atoms with Gasteiger partial charge < -0.3 is 9.73 Å². The first kappa shape index (κ1) is 11.1. The van der Waals surface area contributed by atoms with Crippen LogP contribution in [-0.2, 0) is 6.54 Å². The van der Waals surface area contributed by atoms with Crippen LogP contribution in [0.15, 0.2) is 23.0 Å². The summed E-state index contributed by atoms with van der Waals surface area (Å²) in [5, 5.41) is 2.90. The number of hydrogen-bond acceptors (Lipinski definition) is 2. The predicted molar refractivity (Wildman–Crippen MR) is 45.7 cm³/mol. The van der Waals surface area contributed by atoms with Crippen molar-refractivity contribution in [1.82, 2.24) is 5.32 Å². The third-order valence-corrected chi connectivity index (χ3v) is 1.72. The van der Waals surface area contributed by atoms with Gasteiger partial charge in [-0.2, -0.15) is 13.2 Å². The molecule has 80 valence electrons. The lowest BCUT2D eigenvalue weighted by Gasteiger charge is -2.06. The van der Waals surface area contributed by atoms with Crippen molar-refractivity contribution in [3.05, 3.63) is 24.2 Å². The van der Waals surface area contributed by atoms with Crippen molar-refractivity contribution in [2.75, 3.05) is 6.54 Å². The van der Waals surface area contributed by atoms with Gasteiger partial charge in [-0.3, -0.25) is 0 Å². The van der Waals surface area contributed by atoms with Crippen molar-refractivity contribution in [2.24, 2.45) is 0 Å². The SMILES string of the molecule is FC(F)(F)CCCNCc1ccoc1. The summed E-state index contributed by atoms with van der Waals surface area (Å²) >= 11 is 0. The molecule has 0 bridgehead atoms. The van der Waals surface area contributed by atoms with E-state index in [0.29, 0.717) is 13.1 Å². The molecular formula is C9H12F3NO. The number of rotatable bonds is 5. The van der Waals surface area contributed by atoms with Gasteiger partial charge in [0.25, 0.3) is 0 Å². The smallest absolute Gasteiger partial charge is 0.389 e. The van der Waals surface area contributed by atoms with E-state index in [-0.39, 0.29) is 6.42 Å². The molecule has 0 saturated carbocycles. The van der Waals surface area contributed by atoms with E-state index in [9.17, 15) is 13.2 Å². The Balaban J connectivity index is 2.00. The third-order valence-electron chi connectivity index (χ3n) is 1.72. The molecule has 1 aromatic rings. The molecule has 0 saturated heterocycles. The minimum atomic E-state index is -4.04. The van der Waals surface area contributed by atoms with Gasteiger partial charge in [-0.15, -0.1) is 0 Å². The van der Waals surface area contributed by atoms with Crippen molar-refractivity contribution in [2.45, 2.75) is 25.6 Å². The van der Waals surface area contributed by atoms with Gasteiger partial charge in [0.05, 0.1) is 12.5 Å². The average Bonchev–Trinajstić information content (AvgIpc) is 2.54. The fourth-order valence-corrected chi connectivity index (χ4v) is 1.04. The number of hydrogen-bond donors (Lipinski definition) is 1. The van der Waals surface area contributed by atoms with Gasteiger partial charge >= 0.3 is 6.18 Å². The summed E-state index contributed by atoms with van der Waals surface area (Å²) in [6.07, 6.45) is -1.56. The van der Waals surface area contributed by atoms with Crippen molar-refractivity contribution >= 4 is 0 Å². The van der Waals surface area contributed by atoms with E-state index < -0.39 is 12.6 Å². The Kier molecular flexibility index (Phi) is 4.00. The summed E-state index contributed by atoms with van der Waals surface area (Å²) in [4.78, 5) is 0. The zero-order valence-corrected chi connectivity index (χ0v) is 7.60. The van der Waals surface area contributed by atoms with E-state index >= 15 is 0 Å². The Hall–Kier alpha value is -0.970. The van der Waals surface area contributed by atoms with Gasteiger partial charge in [0.15, 0.2) is 0 Å². The molecule has 14 heavy (non-hydrogen) atoms. The quantitative estimate of drug-likeness (QED) is 0.751. The highest BCUT2D eigenvalue weighted by atomic mass is 19.4. The Morgan fingerprint density at radius 2 is 2.14 bits per heavy atom. The lowest BCUT2D eigenvalue weighted by atomic mass is 10.3. The molecule has 0 spiro atoms. The maximum Gasteiger partial charge on any atom is 0.389 e. The molecule has 0 fully saturated rings. The molecule has 1 N–H and O–H groups in total. The molecule has 0 aliphatic rings. The van der Waals surface area contributed by atoms with Crippen LogP contribution in [0.4, 0.5) is 13.2 Å². The molecule has 0 radical (unpaired) electrons. The predicted octanol–water partition coefficient (Wildman–Crippen LogP) is 2.71. The summed E-state index contributed by atoms with van der Waals surface area (Å²) in [5.74, 6) is 0. The zero-order chi connectivity index (χ0) is 10.4. The van der Waals surface area contributed by atoms with Crippen LogP contribution < -0.4 is 5.32 Å². The third kappa shape index (κ3) is 4.91. The molecule has 0 aromatic carbocycles. The van der Waals surface area contributed by atoms with E-state index in [0.717, 1.165) is 5.56 Å². The number of nitrogens with one attached hydrogen (secondary N) is 1. The van der Waals surface area contributed by atoms with Crippen LogP contribution in [0, 0.1) is 0 Å². The van der Waals surface area contributed by atoms with Gasteiger partial charge in [-0.25, -0.2) is 0 Å². The highest BCUT2D eigenvalue weighted by Gasteiger charge is 2.25. The monoisotopic (exact) mass is 207 g/mol. The largest absolute Gasteiger partial charge is 0.472 e. The van der Waals surface area contributed by atoms with Gasteiger partial charge in [0, 0.05) is 18.5 Å². The molecule has 0 unspecified atom stereocenters. The van der Waals surface area contributed by atoms with Crippen molar-refractivity contribution in [3.63, 3.8) is 0 Å². The first-order chi connectivity index (χ1) is 6.58. The highest BCUT2D eigenvalue weighted by Crippen LogP contribution is 2.20. The van der Waals surface area contributed by atoms with E-state index in [1.54, 1.807) is 12.3 Å². The Morgan fingerprint density at radius 3 is 2.71 bits per heavy atom. The van der Waals surface area contributed by atoms with Crippen LogP contribution in [0.3, 0.4) is 0 Å².